The zero-order valence-corrected chi connectivity index (χ0v) is 15.0. The molecule has 0 radical (unpaired) electrons. The number of nitrogens with zero attached hydrogens (tertiary/aromatic N) is 1. The summed E-state index contributed by atoms with van der Waals surface area (Å²) >= 11 is 0. The van der Waals surface area contributed by atoms with Crippen LogP contribution in [0.25, 0.3) is 6.08 Å². The maximum absolute atomic E-state index is 10.9. The van der Waals surface area contributed by atoms with Crippen LogP contribution < -0.4 is 0 Å². The van der Waals surface area contributed by atoms with Crippen LogP contribution in [0.3, 0.4) is 0 Å². The molecule has 0 spiro atoms. The summed E-state index contributed by atoms with van der Waals surface area (Å²) in [6.45, 7) is 0. The molecule has 0 unspecified atom stereocenters. The summed E-state index contributed by atoms with van der Waals surface area (Å²) in [6, 6.07) is 22.2. The van der Waals surface area contributed by atoms with E-state index >= 15 is 0 Å². The topological polar surface area (TPSA) is 30.0 Å². The van der Waals surface area contributed by atoms with Gasteiger partial charge in [0.15, 0.2) is 0 Å². The highest BCUT2D eigenvalue weighted by Crippen LogP contribution is 2.23. The molecule has 2 heteroatoms. The van der Waals surface area contributed by atoms with Crippen LogP contribution in [0, 0.1) is 11.8 Å². The van der Waals surface area contributed by atoms with Gasteiger partial charge < -0.3 is 0 Å². The molecular weight excluding hydrogens is 330 g/mol. The fourth-order valence-electron chi connectivity index (χ4n) is 3.33. The standard InChI is InChI=1S/C16H11N.C9H8O/c1-2-6-15-12-13(11-14(15)5-1)8-9-16-7-3-4-10-17-16;10-9-5-7-3-1-2-4-8(7)6-9/h1-7,10-11H,12H2;1-4H,5-6H2. The Kier molecular flexibility index (Phi) is 4.94. The maximum atomic E-state index is 10.9. The van der Waals surface area contributed by atoms with Crippen molar-refractivity contribution in [2.45, 2.75) is 19.3 Å². The predicted octanol–water partition coefficient (Wildman–Crippen LogP) is 4.43. The second-order valence-corrected chi connectivity index (χ2v) is 6.67. The molecule has 0 saturated heterocycles. The molecule has 0 amide bonds. The minimum atomic E-state index is 0.348. The van der Waals surface area contributed by atoms with Gasteiger partial charge in [0, 0.05) is 31.0 Å². The van der Waals surface area contributed by atoms with E-state index in [2.05, 4.69) is 47.2 Å². The van der Waals surface area contributed by atoms with E-state index in [0.29, 0.717) is 18.6 Å². The van der Waals surface area contributed by atoms with Crippen molar-refractivity contribution < 1.29 is 4.79 Å². The molecule has 2 nitrogen and oxygen atoms in total. The van der Waals surface area contributed by atoms with Crippen molar-refractivity contribution in [2.75, 3.05) is 0 Å². The molecule has 2 aliphatic carbocycles. The van der Waals surface area contributed by atoms with Crippen LogP contribution in [0.5, 0.6) is 0 Å². The van der Waals surface area contributed by atoms with E-state index in [1.807, 2.05) is 42.5 Å². The number of allylic oxidation sites excluding steroid dienone is 1. The number of Topliss-reactive ketones (excluding diaryl/α,β-unsaturated/α-hetero) is 1. The van der Waals surface area contributed by atoms with Gasteiger partial charge in [-0.05, 0) is 46.4 Å². The normalized spacial score (nSPS) is 13.5. The molecule has 0 saturated carbocycles. The molecule has 0 fully saturated rings. The summed E-state index contributed by atoms with van der Waals surface area (Å²) in [7, 11) is 0. The third kappa shape index (κ3) is 4.22. The Morgan fingerprint density at radius 3 is 2.04 bits per heavy atom. The van der Waals surface area contributed by atoms with E-state index in [0.717, 1.165) is 17.7 Å². The van der Waals surface area contributed by atoms with Crippen LogP contribution in [-0.2, 0) is 24.1 Å². The lowest BCUT2D eigenvalue weighted by atomic mass is 10.1. The second kappa shape index (κ2) is 7.85. The maximum Gasteiger partial charge on any atom is 0.141 e. The molecule has 3 aromatic rings. The molecule has 5 rings (SSSR count). The first-order valence-corrected chi connectivity index (χ1v) is 9.08. The fourth-order valence-corrected chi connectivity index (χ4v) is 3.33. The van der Waals surface area contributed by atoms with Gasteiger partial charge in [0.25, 0.3) is 0 Å². The monoisotopic (exact) mass is 349 g/mol. The molecule has 0 aliphatic heterocycles. The van der Waals surface area contributed by atoms with Gasteiger partial charge in [0.05, 0.1) is 0 Å². The van der Waals surface area contributed by atoms with Crippen molar-refractivity contribution in [2.24, 2.45) is 0 Å². The first-order valence-electron chi connectivity index (χ1n) is 9.08. The summed E-state index contributed by atoms with van der Waals surface area (Å²) in [5, 5.41) is 0. The van der Waals surface area contributed by atoms with Gasteiger partial charge in [-0.2, -0.15) is 0 Å². The molecular formula is C25H19NO. The zero-order chi connectivity index (χ0) is 18.5. The Hall–Kier alpha value is -3.44. The van der Waals surface area contributed by atoms with Gasteiger partial charge in [-0.1, -0.05) is 60.5 Å². The highest BCUT2D eigenvalue weighted by molar-refractivity contribution is 5.87. The van der Waals surface area contributed by atoms with Gasteiger partial charge in [-0.25, -0.2) is 4.98 Å². The molecule has 0 atom stereocenters. The number of ketones is 1. The van der Waals surface area contributed by atoms with E-state index in [1.165, 1.54) is 22.3 Å². The smallest absolute Gasteiger partial charge is 0.141 e. The van der Waals surface area contributed by atoms with Gasteiger partial charge in [-0.15, -0.1) is 0 Å². The summed E-state index contributed by atoms with van der Waals surface area (Å²) in [5.74, 6) is 6.63. The Morgan fingerprint density at radius 2 is 1.37 bits per heavy atom. The Morgan fingerprint density at radius 1 is 0.704 bits per heavy atom. The van der Waals surface area contributed by atoms with Crippen LogP contribution >= 0.6 is 0 Å². The molecule has 1 aromatic heterocycles. The minimum absolute atomic E-state index is 0.348. The third-order valence-electron chi connectivity index (χ3n) is 4.68. The highest BCUT2D eigenvalue weighted by Gasteiger charge is 2.16. The van der Waals surface area contributed by atoms with Crippen LogP contribution in [0.15, 0.2) is 78.5 Å². The van der Waals surface area contributed by atoms with Crippen LogP contribution in [0.2, 0.25) is 0 Å². The highest BCUT2D eigenvalue weighted by atomic mass is 16.1. The Labute approximate surface area is 159 Å². The third-order valence-corrected chi connectivity index (χ3v) is 4.68. The fraction of sp³-hybridized carbons (Fsp3) is 0.120. The van der Waals surface area contributed by atoms with Crippen LogP contribution in [0.1, 0.15) is 27.9 Å². The van der Waals surface area contributed by atoms with Crippen molar-refractivity contribution in [3.8, 4) is 11.8 Å². The SMILES string of the molecule is C(#Cc1ccccn1)C1=Cc2ccccc2C1.O=C1Cc2ccccc2C1. The van der Waals surface area contributed by atoms with Gasteiger partial charge >= 0.3 is 0 Å². The number of hydrogen-bond donors (Lipinski definition) is 0. The summed E-state index contributed by atoms with van der Waals surface area (Å²) in [4.78, 5) is 15.1. The molecule has 0 N–H and O–H groups in total. The van der Waals surface area contributed by atoms with Crippen molar-refractivity contribution in [3.05, 3.63) is 106 Å². The largest absolute Gasteiger partial charge is 0.299 e. The first-order chi connectivity index (χ1) is 13.3. The number of fused-ring (bicyclic) bond motifs is 2. The van der Waals surface area contributed by atoms with E-state index in [-0.39, 0.29) is 0 Å². The van der Waals surface area contributed by atoms with Gasteiger partial charge in [0.1, 0.15) is 11.5 Å². The van der Waals surface area contributed by atoms with E-state index < -0.39 is 0 Å². The van der Waals surface area contributed by atoms with Crippen molar-refractivity contribution in [1.82, 2.24) is 4.98 Å². The minimum Gasteiger partial charge on any atom is -0.299 e. The number of carbonyl (C=O) groups excluding carboxylic acids is 1. The van der Waals surface area contributed by atoms with E-state index in [9.17, 15) is 4.79 Å². The van der Waals surface area contributed by atoms with Gasteiger partial charge in [-0.3, -0.25) is 4.79 Å². The van der Waals surface area contributed by atoms with Crippen molar-refractivity contribution >= 4 is 11.9 Å². The van der Waals surface area contributed by atoms with Crippen LogP contribution in [-0.4, -0.2) is 10.8 Å². The summed E-state index contributed by atoms with van der Waals surface area (Å²) in [6.07, 6.45) is 6.16. The Bertz CT molecular complexity index is 1040. The number of carbonyl (C=O) groups is 1. The summed E-state index contributed by atoms with van der Waals surface area (Å²) in [5.41, 5.74) is 7.07. The molecule has 130 valence electrons. The molecule has 1 heterocycles. The predicted molar refractivity (Wildman–Crippen MR) is 108 cm³/mol. The lowest BCUT2D eigenvalue weighted by molar-refractivity contribution is -0.117. The van der Waals surface area contributed by atoms with E-state index in [1.54, 1.807) is 6.20 Å². The lowest BCUT2D eigenvalue weighted by Gasteiger charge is -1.94. The zero-order valence-electron chi connectivity index (χ0n) is 15.0. The second-order valence-electron chi connectivity index (χ2n) is 6.67. The Balaban J connectivity index is 0.000000153. The number of hydrogen-bond acceptors (Lipinski definition) is 2. The summed E-state index contributed by atoms with van der Waals surface area (Å²) < 4.78 is 0. The van der Waals surface area contributed by atoms with Crippen LogP contribution in [0.4, 0.5) is 0 Å². The van der Waals surface area contributed by atoms with Crippen molar-refractivity contribution in [1.29, 1.82) is 0 Å². The van der Waals surface area contributed by atoms with Crippen molar-refractivity contribution in [3.63, 3.8) is 0 Å². The first kappa shape index (κ1) is 17.0. The average Bonchev–Trinajstić information content (AvgIpc) is 3.29. The number of benzene rings is 2. The number of pyridine rings is 1. The number of rotatable bonds is 0. The molecule has 27 heavy (non-hydrogen) atoms. The molecule has 2 aliphatic rings. The quantitative estimate of drug-likeness (QED) is 0.562. The average molecular weight is 349 g/mol. The molecule has 2 aromatic carbocycles. The number of aromatic nitrogens is 1. The molecule has 0 bridgehead atoms. The van der Waals surface area contributed by atoms with Gasteiger partial charge in [0.2, 0.25) is 0 Å². The lowest BCUT2D eigenvalue weighted by Crippen LogP contribution is -1.92. The van der Waals surface area contributed by atoms with E-state index in [4.69, 9.17) is 0 Å².